The molecule has 0 radical (unpaired) electrons. The highest BCUT2D eigenvalue weighted by Crippen LogP contribution is 2.22. The molecule has 2 N–H and O–H groups in total. The molecule has 2 unspecified atom stereocenters. The van der Waals surface area contributed by atoms with Gasteiger partial charge in [-0.25, -0.2) is 0 Å². The standard InChI is InChI=1S/C21H34N8.HI/c1-5-22-21(23-11-16-6-9-20-26-25-15(4)28(20)12-16)24-18-8-7-17-13-29(14(2)3)27-19(17)10-18;/h13-14,16,18H,5-12H2,1-4H3,(H2,22,23,24);1H. The number of nitrogens with zero attached hydrogens (tertiary/aromatic N) is 6. The van der Waals surface area contributed by atoms with Crippen LogP contribution >= 0.6 is 24.0 Å². The minimum Gasteiger partial charge on any atom is -0.357 e. The topological polar surface area (TPSA) is 85.0 Å². The molecule has 0 spiro atoms. The highest BCUT2D eigenvalue weighted by Gasteiger charge is 2.24. The van der Waals surface area contributed by atoms with E-state index in [2.05, 4.69) is 57.0 Å². The molecule has 0 amide bonds. The molecule has 0 fully saturated rings. The van der Waals surface area contributed by atoms with Crippen molar-refractivity contribution in [2.45, 2.75) is 78.4 Å². The molecule has 166 valence electrons. The summed E-state index contributed by atoms with van der Waals surface area (Å²) in [4.78, 5) is 4.92. The predicted octanol–water partition coefficient (Wildman–Crippen LogP) is 2.66. The van der Waals surface area contributed by atoms with Crippen LogP contribution in [0.3, 0.4) is 0 Å². The van der Waals surface area contributed by atoms with E-state index < -0.39 is 0 Å². The molecule has 2 aromatic rings. The Hall–Kier alpha value is -1.65. The van der Waals surface area contributed by atoms with E-state index in [1.807, 2.05) is 6.92 Å². The number of aryl methyl sites for hydroxylation is 3. The molecular formula is C21H35IN8. The van der Waals surface area contributed by atoms with Gasteiger partial charge in [-0.05, 0) is 58.4 Å². The molecule has 1 aliphatic carbocycles. The summed E-state index contributed by atoms with van der Waals surface area (Å²) in [5.41, 5.74) is 2.64. The van der Waals surface area contributed by atoms with Crippen molar-refractivity contribution in [2.24, 2.45) is 10.9 Å². The van der Waals surface area contributed by atoms with Crippen molar-refractivity contribution in [3.63, 3.8) is 0 Å². The summed E-state index contributed by atoms with van der Waals surface area (Å²) in [5.74, 6) is 3.59. The molecule has 2 aliphatic rings. The Morgan fingerprint density at radius 3 is 2.87 bits per heavy atom. The van der Waals surface area contributed by atoms with Gasteiger partial charge in [-0.2, -0.15) is 5.10 Å². The molecule has 0 saturated carbocycles. The van der Waals surface area contributed by atoms with Crippen LogP contribution < -0.4 is 10.6 Å². The van der Waals surface area contributed by atoms with E-state index in [1.54, 1.807) is 0 Å². The van der Waals surface area contributed by atoms with Gasteiger partial charge < -0.3 is 15.2 Å². The Bertz CT molecular complexity index is 868. The van der Waals surface area contributed by atoms with Gasteiger partial charge >= 0.3 is 0 Å². The SMILES string of the molecule is CCNC(=NCC1CCc2nnc(C)n2C1)NC1CCc2cn(C(C)C)nc2C1.I. The third-order valence-electron chi connectivity index (χ3n) is 6.05. The first-order valence-corrected chi connectivity index (χ1v) is 11.0. The molecule has 0 saturated heterocycles. The lowest BCUT2D eigenvalue weighted by molar-refractivity contribution is 0.369. The van der Waals surface area contributed by atoms with Crippen LogP contribution in [-0.2, 0) is 25.8 Å². The normalized spacial score (nSPS) is 21.0. The van der Waals surface area contributed by atoms with Crippen LogP contribution in [0.15, 0.2) is 11.2 Å². The summed E-state index contributed by atoms with van der Waals surface area (Å²) in [6.07, 6.45) is 7.51. The fraction of sp³-hybridized carbons (Fsp3) is 0.714. The maximum Gasteiger partial charge on any atom is 0.191 e. The lowest BCUT2D eigenvalue weighted by atomic mass is 9.94. The minimum absolute atomic E-state index is 0. The highest BCUT2D eigenvalue weighted by molar-refractivity contribution is 14.0. The maximum absolute atomic E-state index is 4.92. The van der Waals surface area contributed by atoms with Crippen LogP contribution in [0.1, 0.15) is 62.6 Å². The summed E-state index contributed by atoms with van der Waals surface area (Å²) in [6, 6.07) is 0.796. The van der Waals surface area contributed by atoms with Crippen LogP contribution in [0.25, 0.3) is 0 Å². The molecule has 0 aromatic carbocycles. The maximum atomic E-state index is 4.92. The lowest BCUT2D eigenvalue weighted by Crippen LogP contribution is -2.46. The molecule has 2 atom stereocenters. The largest absolute Gasteiger partial charge is 0.357 e. The smallest absolute Gasteiger partial charge is 0.191 e. The van der Waals surface area contributed by atoms with Gasteiger partial charge in [0.05, 0.1) is 5.69 Å². The van der Waals surface area contributed by atoms with E-state index in [4.69, 9.17) is 10.1 Å². The first-order valence-electron chi connectivity index (χ1n) is 11.0. The Morgan fingerprint density at radius 1 is 1.27 bits per heavy atom. The van der Waals surface area contributed by atoms with Crippen molar-refractivity contribution in [3.05, 3.63) is 29.1 Å². The average molecular weight is 526 g/mol. The van der Waals surface area contributed by atoms with E-state index >= 15 is 0 Å². The third-order valence-corrected chi connectivity index (χ3v) is 6.05. The molecule has 1 aliphatic heterocycles. The fourth-order valence-electron chi connectivity index (χ4n) is 4.31. The number of aliphatic imine (C=N–C) groups is 1. The Morgan fingerprint density at radius 2 is 2.10 bits per heavy atom. The number of guanidine groups is 1. The van der Waals surface area contributed by atoms with Gasteiger partial charge in [-0.1, -0.05) is 0 Å². The number of nitrogens with one attached hydrogen (secondary N) is 2. The van der Waals surface area contributed by atoms with Gasteiger partial charge in [-0.15, -0.1) is 34.2 Å². The van der Waals surface area contributed by atoms with Gasteiger partial charge in [0.2, 0.25) is 0 Å². The van der Waals surface area contributed by atoms with Crippen molar-refractivity contribution in [2.75, 3.05) is 13.1 Å². The van der Waals surface area contributed by atoms with Crippen molar-refractivity contribution in [1.29, 1.82) is 0 Å². The second-order valence-corrected chi connectivity index (χ2v) is 8.66. The molecule has 8 nitrogen and oxygen atoms in total. The number of fused-ring (bicyclic) bond motifs is 2. The zero-order chi connectivity index (χ0) is 20.4. The van der Waals surface area contributed by atoms with E-state index in [0.717, 1.165) is 69.3 Å². The first kappa shape index (κ1) is 23.0. The number of hydrogen-bond acceptors (Lipinski definition) is 4. The molecule has 3 heterocycles. The average Bonchev–Trinajstić information content (AvgIpc) is 3.30. The Kier molecular flexibility index (Phi) is 7.75. The lowest BCUT2D eigenvalue weighted by Gasteiger charge is -2.26. The van der Waals surface area contributed by atoms with Crippen LogP contribution in [0, 0.1) is 12.8 Å². The van der Waals surface area contributed by atoms with E-state index in [0.29, 0.717) is 18.0 Å². The second kappa shape index (κ2) is 10.1. The highest BCUT2D eigenvalue weighted by atomic mass is 127. The Labute approximate surface area is 196 Å². The molecule has 9 heteroatoms. The number of aromatic nitrogens is 5. The van der Waals surface area contributed by atoms with Gasteiger partial charge in [0.25, 0.3) is 0 Å². The number of hydrogen-bond donors (Lipinski definition) is 2. The van der Waals surface area contributed by atoms with Crippen molar-refractivity contribution < 1.29 is 0 Å². The quantitative estimate of drug-likeness (QED) is 0.356. The van der Waals surface area contributed by atoms with Crippen molar-refractivity contribution >= 4 is 29.9 Å². The summed E-state index contributed by atoms with van der Waals surface area (Å²) in [7, 11) is 0. The molecule has 30 heavy (non-hydrogen) atoms. The van der Waals surface area contributed by atoms with Crippen LogP contribution in [0.2, 0.25) is 0 Å². The Balaban J connectivity index is 0.00000256. The predicted molar refractivity (Wildman–Crippen MR) is 130 cm³/mol. The number of rotatable bonds is 5. The number of halogens is 1. The van der Waals surface area contributed by atoms with E-state index in [1.165, 1.54) is 11.3 Å². The summed E-state index contributed by atoms with van der Waals surface area (Å²) < 4.78 is 4.34. The zero-order valence-electron chi connectivity index (χ0n) is 18.6. The van der Waals surface area contributed by atoms with Gasteiger partial charge in [-0.3, -0.25) is 9.67 Å². The molecular weight excluding hydrogens is 491 g/mol. The van der Waals surface area contributed by atoms with Crippen molar-refractivity contribution in [3.8, 4) is 0 Å². The van der Waals surface area contributed by atoms with Gasteiger partial charge in [0, 0.05) is 50.8 Å². The molecule has 0 bridgehead atoms. The third kappa shape index (κ3) is 5.15. The van der Waals surface area contributed by atoms with E-state index in [-0.39, 0.29) is 24.0 Å². The fourth-order valence-corrected chi connectivity index (χ4v) is 4.31. The monoisotopic (exact) mass is 526 g/mol. The zero-order valence-corrected chi connectivity index (χ0v) is 20.9. The van der Waals surface area contributed by atoms with Crippen molar-refractivity contribution in [1.82, 2.24) is 35.2 Å². The van der Waals surface area contributed by atoms with Gasteiger partial charge in [0.1, 0.15) is 11.6 Å². The van der Waals surface area contributed by atoms with E-state index in [9.17, 15) is 0 Å². The summed E-state index contributed by atoms with van der Waals surface area (Å²) >= 11 is 0. The molecule has 4 rings (SSSR count). The van der Waals surface area contributed by atoms with Crippen LogP contribution in [-0.4, -0.2) is 49.6 Å². The first-order chi connectivity index (χ1) is 14.0. The molecule has 2 aromatic heterocycles. The summed E-state index contributed by atoms with van der Waals surface area (Å²) in [6.45, 7) is 11.2. The minimum atomic E-state index is 0. The summed E-state index contributed by atoms with van der Waals surface area (Å²) in [5, 5.41) is 20.4. The second-order valence-electron chi connectivity index (χ2n) is 8.66. The van der Waals surface area contributed by atoms with Gasteiger partial charge in [0.15, 0.2) is 5.96 Å². The van der Waals surface area contributed by atoms with Crippen LogP contribution in [0.4, 0.5) is 0 Å². The van der Waals surface area contributed by atoms with Crippen LogP contribution in [0.5, 0.6) is 0 Å².